The van der Waals surface area contributed by atoms with Gasteiger partial charge in [-0.3, -0.25) is 14.5 Å². The van der Waals surface area contributed by atoms with Gasteiger partial charge in [-0.2, -0.15) is 0 Å². The molecule has 2 aromatic rings. The number of benzene rings is 2. The molecule has 1 aliphatic heterocycles. The number of anilines is 3. The zero-order valence-electron chi connectivity index (χ0n) is 18.5. The molecule has 0 bridgehead atoms. The highest BCUT2D eigenvalue weighted by Crippen LogP contribution is 2.38. The minimum absolute atomic E-state index is 0.00103. The Morgan fingerprint density at radius 3 is 2.43 bits per heavy atom. The first-order valence-corrected chi connectivity index (χ1v) is 10.8. The van der Waals surface area contributed by atoms with Gasteiger partial charge in [0.15, 0.2) is 0 Å². The molecule has 0 spiro atoms. The molecule has 30 heavy (non-hydrogen) atoms. The van der Waals surface area contributed by atoms with Gasteiger partial charge in [-0.1, -0.05) is 38.1 Å². The Kier molecular flexibility index (Phi) is 6.93. The number of hydrogen-bond acceptors (Lipinski definition) is 3. The summed E-state index contributed by atoms with van der Waals surface area (Å²) in [4.78, 5) is 27.2. The molecule has 5 nitrogen and oxygen atoms in total. The molecule has 0 aromatic heterocycles. The van der Waals surface area contributed by atoms with Crippen molar-refractivity contribution in [1.82, 2.24) is 0 Å². The van der Waals surface area contributed by atoms with Crippen molar-refractivity contribution in [3.8, 4) is 0 Å². The van der Waals surface area contributed by atoms with E-state index in [2.05, 4.69) is 11.4 Å². The molecule has 0 fully saturated rings. The van der Waals surface area contributed by atoms with E-state index in [1.165, 1.54) is 0 Å². The van der Waals surface area contributed by atoms with Crippen LogP contribution in [0.15, 0.2) is 42.5 Å². The van der Waals surface area contributed by atoms with Crippen LogP contribution in [0.25, 0.3) is 0 Å². The molecule has 0 saturated heterocycles. The summed E-state index contributed by atoms with van der Waals surface area (Å²) in [5, 5.41) is 2.95. The van der Waals surface area contributed by atoms with Crippen LogP contribution in [-0.2, 0) is 27.2 Å². The Hall–Kier alpha value is -2.66. The molecule has 0 radical (unpaired) electrons. The first-order valence-electron chi connectivity index (χ1n) is 10.8. The minimum atomic E-state index is -0.361. The smallest absolute Gasteiger partial charge is 0.257 e. The molecule has 0 aliphatic carbocycles. The van der Waals surface area contributed by atoms with Crippen LogP contribution in [0.1, 0.15) is 58.1 Å². The van der Waals surface area contributed by atoms with Gasteiger partial charge in [0.2, 0.25) is 5.91 Å². The number of carbonyl (C=O) groups excluding carboxylic acids is 2. The van der Waals surface area contributed by atoms with Crippen molar-refractivity contribution in [1.29, 1.82) is 0 Å². The molecule has 1 heterocycles. The van der Waals surface area contributed by atoms with Crippen LogP contribution >= 0.6 is 0 Å². The lowest BCUT2D eigenvalue weighted by Gasteiger charge is -2.28. The standard InChI is InChI=1S/C25H32N2O3/c1-5-9-23(28)26-20-15-14-19-13-12-18-10-7-8-11-21(18)27(22(19)16-20)24(29)17-30-25(3,4)6-2/h7-8,10-11,14-16H,5-6,9,12-13,17H2,1-4H3,(H,26,28). The number of nitrogens with one attached hydrogen (secondary N) is 1. The van der Waals surface area contributed by atoms with E-state index in [9.17, 15) is 9.59 Å². The van der Waals surface area contributed by atoms with Crippen molar-refractivity contribution < 1.29 is 14.3 Å². The fourth-order valence-electron chi connectivity index (χ4n) is 3.54. The predicted molar refractivity (Wildman–Crippen MR) is 121 cm³/mol. The minimum Gasteiger partial charge on any atom is -0.366 e. The van der Waals surface area contributed by atoms with Crippen molar-refractivity contribution in [3.05, 3.63) is 53.6 Å². The molecular formula is C25H32N2O3. The maximum absolute atomic E-state index is 13.4. The summed E-state index contributed by atoms with van der Waals surface area (Å²) in [6.45, 7) is 8.01. The van der Waals surface area contributed by atoms with E-state index >= 15 is 0 Å². The van der Waals surface area contributed by atoms with Gasteiger partial charge in [0.25, 0.3) is 5.91 Å². The lowest BCUT2D eigenvalue weighted by molar-refractivity contribution is -0.128. The number of carbonyl (C=O) groups is 2. The second kappa shape index (κ2) is 9.43. The van der Waals surface area contributed by atoms with Crippen molar-refractivity contribution in [3.63, 3.8) is 0 Å². The molecule has 0 atom stereocenters. The fraction of sp³-hybridized carbons (Fsp3) is 0.440. The molecule has 2 amide bonds. The highest BCUT2D eigenvalue weighted by Gasteiger charge is 2.28. The van der Waals surface area contributed by atoms with E-state index in [0.29, 0.717) is 12.1 Å². The van der Waals surface area contributed by atoms with Gasteiger partial charge < -0.3 is 10.1 Å². The van der Waals surface area contributed by atoms with Crippen molar-refractivity contribution in [2.45, 2.75) is 65.4 Å². The summed E-state index contributed by atoms with van der Waals surface area (Å²) in [5.41, 5.74) is 4.27. The normalized spacial score (nSPS) is 13.3. The first-order chi connectivity index (χ1) is 14.3. The highest BCUT2D eigenvalue weighted by atomic mass is 16.5. The summed E-state index contributed by atoms with van der Waals surface area (Å²) in [6, 6.07) is 13.9. The quantitative estimate of drug-likeness (QED) is 0.668. The molecule has 160 valence electrons. The third-order valence-corrected chi connectivity index (χ3v) is 5.67. The van der Waals surface area contributed by atoms with Crippen molar-refractivity contribution in [2.24, 2.45) is 0 Å². The topological polar surface area (TPSA) is 58.6 Å². The van der Waals surface area contributed by atoms with Gasteiger partial charge in [-0.25, -0.2) is 0 Å². The Bertz CT molecular complexity index is 920. The van der Waals surface area contributed by atoms with Crippen LogP contribution < -0.4 is 10.2 Å². The molecule has 2 aromatic carbocycles. The lowest BCUT2D eigenvalue weighted by atomic mass is 10.0. The second-order valence-corrected chi connectivity index (χ2v) is 8.40. The highest BCUT2D eigenvalue weighted by molar-refractivity contribution is 6.04. The van der Waals surface area contributed by atoms with E-state index in [1.807, 2.05) is 64.1 Å². The summed E-state index contributed by atoms with van der Waals surface area (Å²) in [6.07, 6.45) is 3.78. The van der Waals surface area contributed by atoms with E-state index < -0.39 is 0 Å². The van der Waals surface area contributed by atoms with Crippen LogP contribution in [-0.4, -0.2) is 24.0 Å². The van der Waals surface area contributed by atoms with Crippen LogP contribution in [0.5, 0.6) is 0 Å². The van der Waals surface area contributed by atoms with Gasteiger partial charge in [-0.15, -0.1) is 0 Å². The molecule has 5 heteroatoms. The average Bonchev–Trinajstić information content (AvgIpc) is 2.89. The summed E-state index contributed by atoms with van der Waals surface area (Å²) < 4.78 is 5.93. The number of aryl methyl sites for hydroxylation is 2. The van der Waals surface area contributed by atoms with Crippen LogP contribution in [0.2, 0.25) is 0 Å². The SMILES string of the molecule is CCCC(=O)Nc1ccc2c(c1)N(C(=O)COC(C)(C)CC)c1ccccc1CC2. The van der Waals surface area contributed by atoms with Crippen LogP contribution in [0.4, 0.5) is 17.1 Å². The number of rotatable bonds is 7. The Morgan fingerprint density at radius 2 is 1.73 bits per heavy atom. The van der Waals surface area contributed by atoms with Gasteiger partial charge in [0.05, 0.1) is 17.0 Å². The largest absolute Gasteiger partial charge is 0.366 e. The van der Waals surface area contributed by atoms with Crippen molar-refractivity contribution in [2.75, 3.05) is 16.8 Å². The number of amides is 2. The fourth-order valence-corrected chi connectivity index (χ4v) is 3.54. The number of hydrogen-bond donors (Lipinski definition) is 1. The average molecular weight is 409 g/mol. The number of fused-ring (bicyclic) bond motifs is 2. The number of ether oxygens (including phenoxy) is 1. The maximum atomic E-state index is 13.4. The predicted octanol–water partition coefficient (Wildman–Crippen LogP) is 5.39. The molecule has 1 N–H and O–H groups in total. The second-order valence-electron chi connectivity index (χ2n) is 8.40. The van der Waals surface area contributed by atoms with E-state index in [1.54, 1.807) is 4.90 Å². The monoisotopic (exact) mass is 408 g/mol. The Balaban J connectivity index is 1.99. The van der Waals surface area contributed by atoms with E-state index in [4.69, 9.17) is 4.74 Å². The van der Waals surface area contributed by atoms with Crippen LogP contribution in [0.3, 0.4) is 0 Å². The van der Waals surface area contributed by atoms with Gasteiger partial charge >= 0.3 is 0 Å². The molecule has 0 unspecified atom stereocenters. The molecule has 3 rings (SSSR count). The van der Waals surface area contributed by atoms with Gasteiger partial charge in [0, 0.05) is 12.1 Å². The summed E-state index contributed by atoms with van der Waals surface area (Å²) >= 11 is 0. The van der Waals surface area contributed by atoms with Crippen LogP contribution in [0, 0.1) is 0 Å². The third-order valence-electron chi connectivity index (χ3n) is 5.67. The molecular weight excluding hydrogens is 376 g/mol. The zero-order chi connectivity index (χ0) is 21.7. The molecule has 1 aliphatic rings. The zero-order valence-corrected chi connectivity index (χ0v) is 18.5. The maximum Gasteiger partial charge on any atom is 0.257 e. The lowest BCUT2D eigenvalue weighted by Crippen LogP contribution is -2.35. The molecule has 0 saturated carbocycles. The van der Waals surface area contributed by atoms with Crippen molar-refractivity contribution >= 4 is 28.9 Å². The van der Waals surface area contributed by atoms with E-state index in [0.717, 1.165) is 48.2 Å². The summed E-state index contributed by atoms with van der Waals surface area (Å²) in [5.74, 6) is -0.124. The first kappa shape index (κ1) is 22.0. The van der Waals surface area contributed by atoms with E-state index in [-0.39, 0.29) is 24.0 Å². The number of nitrogens with zero attached hydrogens (tertiary/aromatic N) is 1. The summed E-state index contributed by atoms with van der Waals surface area (Å²) in [7, 11) is 0. The Labute approximate surface area is 179 Å². The third kappa shape index (κ3) is 5.08. The Morgan fingerprint density at radius 1 is 1.03 bits per heavy atom. The number of para-hydroxylation sites is 1. The van der Waals surface area contributed by atoms with Gasteiger partial charge in [0.1, 0.15) is 6.61 Å². The van der Waals surface area contributed by atoms with Gasteiger partial charge in [-0.05, 0) is 68.9 Å².